The van der Waals surface area contributed by atoms with Crippen LogP contribution >= 0.6 is 0 Å². The van der Waals surface area contributed by atoms with Gasteiger partial charge < -0.3 is 10.5 Å². The maximum absolute atomic E-state index is 13.0. The van der Waals surface area contributed by atoms with Crippen molar-refractivity contribution in [3.63, 3.8) is 0 Å². The van der Waals surface area contributed by atoms with Gasteiger partial charge in [-0.3, -0.25) is 9.48 Å². The zero-order chi connectivity index (χ0) is 21.3. The lowest BCUT2D eigenvalue weighted by Crippen LogP contribution is -2.12. The number of carbonyl (C=O) groups is 2. The minimum atomic E-state index is -0.530. The number of amides is 1. The molecular formula is C23H20N4O3. The van der Waals surface area contributed by atoms with Crippen LogP contribution in [-0.2, 0) is 18.4 Å². The highest BCUT2D eigenvalue weighted by Crippen LogP contribution is 2.27. The van der Waals surface area contributed by atoms with E-state index in [1.807, 2.05) is 37.3 Å². The molecular weight excluding hydrogens is 380 g/mol. The highest BCUT2D eigenvalue weighted by atomic mass is 16.5. The molecule has 7 heteroatoms. The summed E-state index contributed by atoms with van der Waals surface area (Å²) in [6.07, 6.45) is 0. The lowest BCUT2D eigenvalue weighted by atomic mass is 10.1. The lowest BCUT2D eigenvalue weighted by Gasteiger charge is -2.09. The summed E-state index contributed by atoms with van der Waals surface area (Å²) in [6.45, 7) is 1.85. The number of aryl methyl sites for hydroxylation is 2. The van der Waals surface area contributed by atoms with Crippen molar-refractivity contribution in [1.82, 2.24) is 14.8 Å². The molecule has 0 atom stereocenters. The number of esters is 1. The first-order valence-corrected chi connectivity index (χ1v) is 9.39. The first-order valence-electron chi connectivity index (χ1n) is 9.39. The minimum Gasteiger partial charge on any atom is -0.457 e. The van der Waals surface area contributed by atoms with Gasteiger partial charge in [0.25, 0.3) is 0 Å². The van der Waals surface area contributed by atoms with Crippen molar-refractivity contribution in [2.45, 2.75) is 13.5 Å². The summed E-state index contributed by atoms with van der Waals surface area (Å²) in [6, 6.07) is 18.1. The van der Waals surface area contributed by atoms with Gasteiger partial charge in [0.05, 0.1) is 22.3 Å². The van der Waals surface area contributed by atoms with Crippen LogP contribution in [0, 0.1) is 6.92 Å². The van der Waals surface area contributed by atoms with Gasteiger partial charge in [-0.15, -0.1) is 0 Å². The SMILES string of the molecule is Cc1nn(C)c2nc(-c3ccccc3)cc(C(=O)OCc3cccc(C(N)=O)c3)c12. The van der Waals surface area contributed by atoms with Crippen LogP contribution < -0.4 is 5.73 Å². The molecule has 0 bridgehead atoms. The fourth-order valence-electron chi connectivity index (χ4n) is 3.40. The van der Waals surface area contributed by atoms with Gasteiger partial charge in [0.1, 0.15) is 6.61 Å². The third-order valence-electron chi connectivity index (χ3n) is 4.84. The number of rotatable bonds is 5. The average molecular weight is 400 g/mol. The molecule has 0 radical (unpaired) electrons. The van der Waals surface area contributed by atoms with Crippen LogP contribution in [0.5, 0.6) is 0 Å². The van der Waals surface area contributed by atoms with Crippen LogP contribution in [0.4, 0.5) is 0 Å². The summed E-state index contributed by atoms with van der Waals surface area (Å²) >= 11 is 0. The van der Waals surface area contributed by atoms with E-state index in [4.69, 9.17) is 15.5 Å². The van der Waals surface area contributed by atoms with Crippen molar-refractivity contribution in [3.8, 4) is 11.3 Å². The number of nitrogens with two attached hydrogens (primary N) is 1. The maximum atomic E-state index is 13.0. The lowest BCUT2D eigenvalue weighted by molar-refractivity contribution is 0.0475. The molecule has 30 heavy (non-hydrogen) atoms. The van der Waals surface area contributed by atoms with Gasteiger partial charge in [-0.25, -0.2) is 9.78 Å². The van der Waals surface area contributed by atoms with Crippen LogP contribution in [0.15, 0.2) is 60.7 Å². The number of nitrogens with zero attached hydrogens (tertiary/aromatic N) is 3. The topological polar surface area (TPSA) is 100 Å². The highest BCUT2D eigenvalue weighted by Gasteiger charge is 2.20. The first kappa shape index (κ1) is 19.3. The molecule has 4 aromatic rings. The molecule has 0 aliphatic carbocycles. The van der Waals surface area contributed by atoms with Gasteiger partial charge >= 0.3 is 5.97 Å². The molecule has 0 aliphatic rings. The first-order chi connectivity index (χ1) is 14.4. The Balaban J connectivity index is 1.71. The monoisotopic (exact) mass is 400 g/mol. The van der Waals surface area contributed by atoms with Crippen molar-refractivity contribution >= 4 is 22.9 Å². The molecule has 0 unspecified atom stereocenters. The summed E-state index contributed by atoms with van der Waals surface area (Å²) < 4.78 is 7.21. The molecule has 150 valence electrons. The van der Waals surface area contributed by atoms with E-state index in [1.165, 1.54) is 0 Å². The predicted octanol–water partition coefficient (Wildman–Crippen LogP) is 3.40. The number of carbonyl (C=O) groups excluding carboxylic acids is 2. The molecule has 0 saturated heterocycles. The van der Waals surface area contributed by atoms with E-state index in [2.05, 4.69) is 5.10 Å². The normalized spacial score (nSPS) is 10.9. The average Bonchev–Trinajstić information content (AvgIpc) is 3.05. The minimum absolute atomic E-state index is 0.0176. The Morgan fingerprint density at radius 3 is 2.57 bits per heavy atom. The van der Waals surface area contributed by atoms with E-state index < -0.39 is 11.9 Å². The van der Waals surface area contributed by atoms with Gasteiger partial charge in [0.2, 0.25) is 5.91 Å². The number of primary amides is 1. The third-order valence-corrected chi connectivity index (χ3v) is 4.84. The van der Waals surface area contributed by atoms with Crippen LogP contribution in [-0.4, -0.2) is 26.6 Å². The standard InChI is InChI=1S/C23H20N4O3/c1-14-20-18(23(29)30-13-15-7-6-10-17(11-15)21(24)28)12-19(16-8-4-3-5-9-16)25-22(20)27(2)26-14/h3-12H,13H2,1-2H3,(H2,24,28). The van der Waals surface area contributed by atoms with Crippen LogP contribution in [0.25, 0.3) is 22.3 Å². The predicted molar refractivity (Wildman–Crippen MR) is 113 cm³/mol. The number of hydrogen-bond acceptors (Lipinski definition) is 5. The number of aromatic nitrogens is 3. The number of fused-ring (bicyclic) bond motifs is 1. The molecule has 0 aliphatic heterocycles. The van der Waals surface area contributed by atoms with E-state index in [9.17, 15) is 9.59 Å². The van der Waals surface area contributed by atoms with E-state index >= 15 is 0 Å². The summed E-state index contributed by atoms with van der Waals surface area (Å²) in [5.41, 5.74) is 9.62. The molecule has 2 N–H and O–H groups in total. The fraction of sp³-hybridized carbons (Fsp3) is 0.130. The van der Waals surface area contributed by atoms with Gasteiger partial charge in [-0.1, -0.05) is 42.5 Å². The van der Waals surface area contributed by atoms with Crippen molar-refractivity contribution in [2.24, 2.45) is 12.8 Å². The quantitative estimate of drug-likeness (QED) is 0.518. The second-order valence-corrected chi connectivity index (χ2v) is 6.97. The van der Waals surface area contributed by atoms with E-state index in [-0.39, 0.29) is 6.61 Å². The van der Waals surface area contributed by atoms with Crippen molar-refractivity contribution in [3.05, 3.63) is 83.0 Å². The second kappa shape index (κ2) is 7.79. The van der Waals surface area contributed by atoms with Crippen LogP contribution in [0.1, 0.15) is 32.0 Å². The molecule has 1 amide bonds. The number of ether oxygens (including phenoxy) is 1. The fourth-order valence-corrected chi connectivity index (χ4v) is 3.40. The van der Waals surface area contributed by atoms with Gasteiger partial charge in [-0.05, 0) is 30.7 Å². The zero-order valence-corrected chi connectivity index (χ0v) is 16.6. The van der Waals surface area contributed by atoms with Gasteiger partial charge in [-0.2, -0.15) is 5.10 Å². The molecule has 2 aromatic carbocycles. The molecule has 2 heterocycles. The zero-order valence-electron chi connectivity index (χ0n) is 16.6. The Hall–Kier alpha value is -4.00. The molecule has 7 nitrogen and oxygen atoms in total. The van der Waals surface area contributed by atoms with Gasteiger partial charge in [0, 0.05) is 18.2 Å². The number of benzene rings is 2. The third kappa shape index (κ3) is 3.65. The van der Waals surface area contributed by atoms with E-state index in [0.717, 1.165) is 5.56 Å². The Kier molecular flexibility index (Phi) is 5.02. The molecule has 0 fully saturated rings. The molecule has 2 aromatic heterocycles. The highest BCUT2D eigenvalue weighted by molar-refractivity contribution is 6.05. The maximum Gasteiger partial charge on any atom is 0.339 e. The van der Waals surface area contributed by atoms with E-state index in [1.54, 1.807) is 42.1 Å². The van der Waals surface area contributed by atoms with Crippen LogP contribution in [0.3, 0.4) is 0 Å². The summed E-state index contributed by atoms with van der Waals surface area (Å²) in [5, 5.41) is 5.07. The van der Waals surface area contributed by atoms with Gasteiger partial charge in [0.15, 0.2) is 5.65 Å². The van der Waals surface area contributed by atoms with E-state index in [0.29, 0.717) is 39.1 Å². The summed E-state index contributed by atoms with van der Waals surface area (Å²) in [7, 11) is 1.79. The number of hydrogen-bond donors (Lipinski definition) is 1. The van der Waals surface area contributed by atoms with Crippen LogP contribution in [0.2, 0.25) is 0 Å². The molecule has 0 spiro atoms. The Morgan fingerprint density at radius 1 is 1.07 bits per heavy atom. The summed E-state index contributed by atoms with van der Waals surface area (Å²) in [4.78, 5) is 29.1. The molecule has 4 rings (SSSR count). The Morgan fingerprint density at radius 2 is 1.83 bits per heavy atom. The van der Waals surface area contributed by atoms with Crippen molar-refractivity contribution in [2.75, 3.05) is 0 Å². The summed E-state index contributed by atoms with van der Waals surface area (Å²) in [5.74, 6) is -1.02. The largest absolute Gasteiger partial charge is 0.457 e. The second-order valence-electron chi connectivity index (χ2n) is 6.97. The Bertz CT molecular complexity index is 1260. The molecule has 0 saturated carbocycles. The smallest absolute Gasteiger partial charge is 0.339 e. The Labute approximate surface area is 173 Å². The number of pyridine rings is 1. The van der Waals surface area contributed by atoms with Crippen molar-refractivity contribution in [1.29, 1.82) is 0 Å². The van der Waals surface area contributed by atoms with Crippen molar-refractivity contribution < 1.29 is 14.3 Å².